The van der Waals surface area contributed by atoms with Gasteiger partial charge in [-0.15, -0.1) is 11.6 Å². The van der Waals surface area contributed by atoms with E-state index in [1.54, 1.807) is 0 Å². The first kappa shape index (κ1) is 11.0. The van der Waals surface area contributed by atoms with Gasteiger partial charge in [0.2, 0.25) is 0 Å². The van der Waals surface area contributed by atoms with Crippen molar-refractivity contribution >= 4 is 11.6 Å². The molecule has 1 fully saturated rings. The Morgan fingerprint density at radius 2 is 2.40 bits per heavy atom. The lowest BCUT2D eigenvalue weighted by Crippen LogP contribution is -2.39. The van der Waals surface area contributed by atoms with Crippen molar-refractivity contribution in [2.75, 3.05) is 13.1 Å². The van der Waals surface area contributed by atoms with Crippen LogP contribution in [0.3, 0.4) is 0 Å². The van der Waals surface area contributed by atoms with E-state index in [2.05, 4.69) is 23.1 Å². The molecule has 1 saturated heterocycles. The zero-order chi connectivity index (χ0) is 10.8. The molecule has 1 aliphatic rings. The van der Waals surface area contributed by atoms with Crippen molar-refractivity contribution in [2.24, 2.45) is 13.0 Å². The molecule has 2 atom stereocenters. The van der Waals surface area contributed by atoms with E-state index in [1.165, 1.54) is 12.0 Å². The molecule has 0 N–H and O–H groups in total. The maximum Gasteiger partial charge on any atom is 0.0534 e. The number of nitrogens with zero attached hydrogens (tertiary/aromatic N) is 3. The zero-order valence-corrected chi connectivity index (χ0v) is 10.1. The summed E-state index contributed by atoms with van der Waals surface area (Å²) in [6.07, 6.45) is 5.21. The Labute approximate surface area is 96.0 Å². The molecule has 2 unspecified atom stereocenters. The summed E-state index contributed by atoms with van der Waals surface area (Å²) in [5.41, 5.74) is 1.27. The third-order valence-corrected chi connectivity index (χ3v) is 3.68. The zero-order valence-electron chi connectivity index (χ0n) is 9.36. The minimum absolute atomic E-state index is 0.301. The first-order valence-corrected chi connectivity index (χ1v) is 5.93. The maximum atomic E-state index is 6.27. The van der Waals surface area contributed by atoms with E-state index in [-0.39, 0.29) is 0 Å². The quantitative estimate of drug-likeness (QED) is 0.720. The van der Waals surface area contributed by atoms with Crippen molar-refractivity contribution in [2.45, 2.75) is 25.3 Å². The maximum absolute atomic E-state index is 6.27. The van der Waals surface area contributed by atoms with E-state index in [1.807, 2.05) is 17.9 Å². The Balaban J connectivity index is 1.90. The summed E-state index contributed by atoms with van der Waals surface area (Å²) >= 11 is 6.27. The number of piperidine rings is 1. The van der Waals surface area contributed by atoms with Crippen molar-refractivity contribution in [3.05, 3.63) is 18.0 Å². The summed E-state index contributed by atoms with van der Waals surface area (Å²) in [6.45, 7) is 5.36. The molecule has 0 spiro atoms. The van der Waals surface area contributed by atoms with Gasteiger partial charge in [0.05, 0.1) is 6.20 Å². The van der Waals surface area contributed by atoms with Crippen LogP contribution >= 0.6 is 11.6 Å². The van der Waals surface area contributed by atoms with Gasteiger partial charge in [-0.2, -0.15) is 5.10 Å². The molecule has 0 aliphatic carbocycles. The SMILES string of the molecule is CC1CCN(Cc2cnn(C)c2)CC1Cl. The highest BCUT2D eigenvalue weighted by Crippen LogP contribution is 2.22. The molecule has 1 aromatic heterocycles. The standard InChI is InChI=1S/C11H18ClN3/c1-9-3-4-15(8-11(9)12)7-10-5-13-14(2)6-10/h5-6,9,11H,3-4,7-8H2,1-2H3. The van der Waals surface area contributed by atoms with E-state index >= 15 is 0 Å². The van der Waals surface area contributed by atoms with Gasteiger partial charge < -0.3 is 0 Å². The Bertz CT molecular complexity index is 323. The summed E-state index contributed by atoms with van der Waals surface area (Å²) in [5.74, 6) is 0.650. The monoisotopic (exact) mass is 227 g/mol. The van der Waals surface area contributed by atoms with Crippen LogP contribution in [0.1, 0.15) is 18.9 Å². The Hall–Kier alpha value is -0.540. The second-order valence-corrected chi connectivity index (χ2v) is 5.10. The fourth-order valence-electron chi connectivity index (χ4n) is 2.04. The molecule has 2 rings (SSSR count). The number of hydrogen-bond acceptors (Lipinski definition) is 2. The average molecular weight is 228 g/mol. The van der Waals surface area contributed by atoms with Crippen LogP contribution < -0.4 is 0 Å². The van der Waals surface area contributed by atoms with Crippen molar-refractivity contribution < 1.29 is 0 Å². The van der Waals surface area contributed by atoms with Crippen LogP contribution in [0.25, 0.3) is 0 Å². The van der Waals surface area contributed by atoms with Gasteiger partial charge >= 0.3 is 0 Å². The smallest absolute Gasteiger partial charge is 0.0534 e. The normalized spacial score (nSPS) is 28.2. The van der Waals surface area contributed by atoms with Crippen molar-refractivity contribution in [3.8, 4) is 0 Å². The van der Waals surface area contributed by atoms with Gasteiger partial charge in [-0.1, -0.05) is 6.92 Å². The largest absolute Gasteiger partial charge is 0.297 e. The van der Waals surface area contributed by atoms with Crippen LogP contribution in [0.4, 0.5) is 0 Å². The van der Waals surface area contributed by atoms with Crippen LogP contribution in [0.2, 0.25) is 0 Å². The van der Waals surface area contributed by atoms with Crippen LogP contribution in [-0.2, 0) is 13.6 Å². The summed E-state index contributed by atoms with van der Waals surface area (Å²) in [5, 5.41) is 4.47. The van der Waals surface area contributed by atoms with Crippen LogP contribution in [0, 0.1) is 5.92 Å². The molecule has 0 bridgehead atoms. The molecule has 0 saturated carbocycles. The van der Waals surface area contributed by atoms with Gasteiger partial charge in [0, 0.05) is 37.3 Å². The van der Waals surface area contributed by atoms with E-state index in [4.69, 9.17) is 11.6 Å². The van der Waals surface area contributed by atoms with Crippen LogP contribution in [0.5, 0.6) is 0 Å². The third kappa shape index (κ3) is 2.73. The number of halogens is 1. The van der Waals surface area contributed by atoms with Gasteiger partial charge in [0.1, 0.15) is 0 Å². The lowest BCUT2D eigenvalue weighted by Gasteiger charge is -2.33. The number of aromatic nitrogens is 2. The van der Waals surface area contributed by atoms with E-state index in [0.717, 1.165) is 19.6 Å². The predicted molar refractivity (Wildman–Crippen MR) is 61.9 cm³/mol. The number of alkyl halides is 1. The number of hydrogen-bond donors (Lipinski definition) is 0. The van der Waals surface area contributed by atoms with Gasteiger partial charge in [-0.05, 0) is 18.9 Å². The second-order valence-electron chi connectivity index (χ2n) is 4.54. The molecule has 0 aromatic carbocycles. The molecule has 4 heteroatoms. The van der Waals surface area contributed by atoms with Crippen LogP contribution in [0.15, 0.2) is 12.4 Å². The minimum Gasteiger partial charge on any atom is -0.297 e. The molecule has 3 nitrogen and oxygen atoms in total. The molecule has 2 heterocycles. The molecule has 15 heavy (non-hydrogen) atoms. The van der Waals surface area contributed by atoms with Crippen molar-refractivity contribution in [1.82, 2.24) is 14.7 Å². The molecule has 84 valence electrons. The fraction of sp³-hybridized carbons (Fsp3) is 0.727. The second kappa shape index (κ2) is 4.54. The molecule has 1 aromatic rings. The molecule has 1 aliphatic heterocycles. The Morgan fingerprint density at radius 1 is 1.60 bits per heavy atom. The fourth-order valence-corrected chi connectivity index (χ4v) is 2.36. The van der Waals surface area contributed by atoms with Crippen LogP contribution in [-0.4, -0.2) is 33.1 Å². The van der Waals surface area contributed by atoms with E-state index < -0.39 is 0 Å². The average Bonchev–Trinajstić information content (AvgIpc) is 2.58. The highest BCUT2D eigenvalue weighted by atomic mass is 35.5. The topological polar surface area (TPSA) is 21.1 Å². The first-order valence-electron chi connectivity index (χ1n) is 5.49. The molecule has 0 amide bonds. The Kier molecular flexibility index (Phi) is 3.32. The minimum atomic E-state index is 0.301. The number of aryl methyl sites for hydroxylation is 1. The number of rotatable bonds is 2. The van der Waals surface area contributed by atoms with E-state index in [0.29, 0.717) is 11.3 Å². The van der Waals surface area contributed by atoms with Crippen molar-refractivity contribution in [3.63, 3.8) is 0 Å². The number of likely N-dealkylation sites (tertiary alicyclic amines) is 1. The highest BCUT2D eigenvalue weighted by Gasteiger charge is 2.24. The Morgan fingerprint density at radius 3 is 3.00 bits per heavy atom. The first-order chi connectivity index (χ1) is 7.15. The van der Waals surface area contributed by atoms with Gasteiger partial charge in [-0.3, -0.25) is 9.58 Å². The summed E-state index contributed by atoms with van der Waals surface area (Å²) in [7, 11) is 1.95. The molecular formula is C11H18ClN3. The summed E-state index contributed by atoms with van der Waals surface area (Å²) < 4.78 is 1.85. The lowest BCUT2D eigenvalue weighted by atomic mass is 9.98. The van der Waals surface area contributed by atoms with E-state index in [9.17, 15) is 0 Å². The predicted octanol–water partition coefficient (Wildman–Crippen LogP) is 1.87. The molecular weight excluding hydrogens is 210 g/mol. The van der Waals surface area contributed by atoms with Gasteiger partial charge in [0.25, 0.3) is 0 Å². The third-order valence-electron chi connectivity index (χ3n) is 3.12. The lowest BCUT2D eigenvalue weighted by molar-refractivity contribution is 0.189. The van der Waals surface area contributed by atoms with Gasteiger partial charge in [0.15, 0.2) is 0 Å². The van der Waals surface area contributed by atoms with Gasteiger partial charge in [-0.25, -0.2) is 0 Å². The molecule has 0 radical (unpaired) electrons. The van der Waals surface area contributed by atoms with Crippen molar-refractivity contribution in [1.29, 1.82) is 0 Å². The summed E-state index contributed by atoms with van der Waals surface area (Å²) in [6, 6.07) is 0. The highest BCUT2D eigenvalue weighted by molar-refractivity contribution is 6.21. The summed E-state index contributed by atoms with van der Waals surface area (Å²) in [4.78, 5) is 2.41.